The molecule has 0 fully saturated rings. The van der Waals surface area contributed by atoms with Crippen molar-refractivity contribution < 1.29 is 0 Å². The molecule has 3 heteroatoms. The average Bonchev–Trinajstić information content (AvgIpc) is 2.16. The summed E-state index contributed by atoms with van der Waals surface area (Å²) in [6.07, 6.45) is 0. The van der Waals surface area contributed by atoms with Gasteiger partial charge in [-0.05, 0) is 57.0 Å². The van der Waals surface area contributed by atoms with Crippen molar-refractivity contribution in [2.45, 2.75) is 33.2 Å². The normalized spacial score (nSPS) is 12.1. The Hall–Kier alpha value is -1.12. The highest BCUT2D eigenvalue weighted by molar-refractivity contribution is 6.31. The van der Waals surface area contributed by atoms with E-state index in [-0.39, 0.29) is 0 Å². The number of halogens is 1. The van der Waals surface area contributed by atoms with Crippen LogP contribution in [0.2, 0.25) is 5.02 Å². The average molecular weight is 249 g/mol. The van der Waals surface area contributed by atoms with E-state index in [0.29, 0.717) is 0 Å². The maximum absolute atomic E-state index is 6.22. The van der Waals surface area contributed by atoms with Gasteiger partial charge in [0.05, 0.1) is 5.52 Å². The summed E-state index contributed by atoms with van der Waals surface area (Å²) in [6.45, 7) is 8.01. The molecule has 0 spiro atoms. The van der Waals surface area contributed by atoms with Gasteiger partial charge in [-0.2, -0.15) is 0 Å². The van der Waals surface area contributed by atoms with Gasteiger partial charge in [0.25, 0.3) is 0 Å². The molecule has 2 rings (SSSR count). The molecule has 17 heavy (non-hydrogen) atoms. The van der Waals surface area contributed by atoms with Gasteiger partial charge in [0.15, 0.2) is 0 Å². The number of aromatic nitrogens is 1. The molecular formula is C14H17ClN2. The van der Waals surface area contributed by atoms with Gasteiger partial charge in [-0.1, -0.05) is 11.6 Å². The molecular weight excluding hydrogens is 232 g/mol. The van der Waals surface area contributed by atoms with Gasteiger partial charge in [0, 0.05) is 21.6 Å². The summed E-state index contributed by atoms with van der Waals surface area (Å²) < 4.78 is 0. The minimum absolute atomic E-state index is 0.400. The van der Waals surface area contributed by atoms with Gasteiger partial charge in [0.2, 0.25) is 0 Å². The highest BCUT2D eigenvalue weighted by Gasteiger charge is 2.19. The van der Waals surface area contributed by atoms with Crippen molar-refractivity contribution in [3.05, 3.63) is 40.0 Å². The van der Waals surface area contributed by atoms with Gasteiger partial charge in [0.1, 0.15) is 0 Å². The predicted octanol–water partition coefficient (Wildman–Crippen LogP) is 3.70. The lowest BCUT2D eigenvalue weighted by molar-refractivity contribution is 0.558. The predicted molar refractivity (Wildman–Crippen MR) is 73.4 cm³/mol. The molecule has 0 aliphatic heterocycles. The molecule has 0 saturated carbocycles. The number of rotatable bonds is 1. The van der Waals surface area contributed by atoms with Crippen LogP contribution < -0.4 is 5.73 Å². The first-order valence-electron chi connectivity index (χ1n) is 5.66. The monoisotopic (exact) mass is 248 g/mol. The van der Waals surface area contributed by atoms with E-state index in [1.165, 1.54) is 0 Å². The number of benzene rings is 1. The second-order valence-corrected chi connectivity index (χ2v) is 5.59. The number of nitrogens with two attached hydrogens (primary N) is 1. The van der Waals surface area contributed by atoms with Crippen molar-refractivity contribution in [3.63, 3.8) is 0 Å². The molecule has 0 bridgehead atoms. The van der Waals surface area contributed by atoms with E-state index in [1.54, 1.807) is 0 Å². The van der Waals surface area contributed by atoms with Crippen LogP contribution in [0, 0.1) is 13.8 Å². The van der Waals surface area contributed by atoms with Gasteiger partial charge < -0.3 is 5.73 Å². The maximum Gasteiger partial charge on any atom is 0.0738 e. The van der Waals surface area contributed by atoms with Crippen molar-refractivity contribution in [1.29, 1.82) is 0 Å². The number of hydrogen-bond donors (Lipinski definition) is 1. The molecule has 0 amide bonds. The molecule has 2 N–H and O–H groups in total. The SMILES string of the molecule is Cc1cc(C(C)(C)N)c2cc(Cl)cc(C)c2n1. The zero-order valence-corrected chi connectivity index (χ0v) is 11.4. The Kier molecular flexibility index (Phi) is 2.88. The number of nitrogens with zero attached hydrogens (tertiary/aromatic N) is 1. The van der Waals surface area contributed by atoms with Crippen LogP contribution in [-0.4, -0.2) is 4.98 Å². The van der Waals surface area contributed by atoms with Gasteiger partial charge >= 0.3 is 0 Å². The lowest BCUT2D eigenvalue weighted by Gasteiger charge is -2.22. The Morgan fingerprint density at radius 2 is 1.82 bits per heavy atom. The topological polar surface area (TPSA) is 38.9 Å². The third-order valence-electron chi connectivity index (χ3n) is 2.89. The van der Waals surface area contributed by atoms with Crippen LogP contribution in [-0.2, 0) is 5.54 Å². The van der Waals surface area contributed by atoms with Crippen molar-refractivity contribution in [2.75, 3.05) is 0 Å². The Morgan fingerprint density at radius 1 is 1.18 bits per heavy atom. The third-order valence-corrected chi connectivity index (χ3v) is 3.11. The molecule has 90 valence electrons. The van der Waals surface area contributed by atoms with Crippen LogP contribution in [0.4, 0.5) is 0 Å². The molecule has 1 aromatic carbocycles. The van der Waals surface area contributed by atoms with Gasteiger partial charge in [-0.15, -0.1) is 0 Å². The number of pyridine rings is 1. The fraction of sp³-hybridized carbons (Fsp3) is 0.357. The summed E-state index contributed by atoms with van der Waals surface area (Å²) in [7, 11) is 0. The van der Waals surface area contributed by atoms with E-state index in [0.717, 1.165) is 32.7 Å². The number of fused-ring (bicyclic) bond motifs is 1. The first kappa shape index (κ1) is 12.3. The highest BCUT2D eigenvalue weighted by Crippen LogP contribution is 2.30. The lowest BCUT2D eigenvalue weighted by atomic mass is 9.91. The van der Waals surface area contributed by atoms with Crippen molar-refractivity contribution in [2.24, 2.45) is 5.73 Å². The quantitative estimate of drug-likeness (QED) is 0.836. The van der Waals surface area contributed by atoms with E-state index in [2.05, 4.69) is 4.98 Å². The Bertz CT molecular complexity index is 583. The minimum atomic E-state index is -0.400. The van der Waals surface area contributed by atoms with Crippen molar-refractivity contribution in [1.82, 2.24) is 4.98 Å². The van der Waals surface area contributed by atoms with E-state index in [1.807, 2.05) is 45.9 Å². The van der Waals surface area contributed by atoms with E-state index in [4.69, 9.17) is 17.3 Å². The third kappa shape index (κ3) is 2.28. The fourth-order valence-corrected chi connectivity index (χ4v) is 2.39. The highest BCUT2D eigenvalue weighted by atomic mass is 35.5. The van der Waals surface area contributed by atoms with Crippen LogP contribution in [0.1, 0.15) is 30.7 Å². The molecule has 0 aliphatic rings. The van der Waals surface area contributed by atoms with E-state index < -0.39 is 5.54 Å². The Labute approximate surface area is 107 Å². The Morgan fingerprint density at radius 3 is 2.41 bits per heavy atom. The second-order valence-electron chi connectivity index (χ2n) is 5.15. The first-order chi connectivity index (χ1) is 7.79. The summed E-state index contributed by atoms with van der Waals surface area (Å²) in [5.74, 6) is 0. The number of aryl methyl sites for hydroxylation is 2. The minimum Gasteiger partial charge on any atom is -0.322 e. The number of hydrogen-bond acceptors (Lipinski definition) is 2. The molecule has 0 atom stereocenters. The van der Waals surface area contributed by atoms with E-state index in [9.17, 15) is 0 Å². The van der Waals surface area contributed by atoms with Crippen molar-refractivity contribution in [3.8, 4) is 0 Å². The molecule has 1 heterocycles. The summed E-state index contributed by atoms with van der Waals surface area (Å²) in [6, 6.07) is 5.92. The molecule has 0 aliphatic carbocycles. The molecule has 2 aromatic rings. The van der Waals surface area contributed by atoms with E-state index >= 15 is 0 Å². The van der Waals surface area contributed by atoms with Crippen LogP contribution in [0.3, 0.4) is 0 Å². The summed E-state index contributed by atoms with van der Waals surface area (Å²) in [4.78, 5) is 4.58. The largest absolute Gasteiger partial charge is 0.322 e. The van der Waals surface area contributed by atoms with Crippen LogP contribution in [0.25, 0.3) is 10.9 Å². The Balaban J connectivity index is 2.93. The zero-order valence-electron chi connectivity index (χ0n) is 10.6. The summed E-state index contributed by atoms with van der Waals surface area (Å²) >= 11 is 6.12. The van der Waals surface area contributed by atoms with Crippen LogP contribution >= 0.6 is 11.6 Å². The zero-order chi connectivity index (χ0) is 12.8. The van der Waals surface area contributed by atoms with Crippen molar-refractivity contribution >= 4 is 22.5 Å². The first-order valence-corrected chi connectivity index (χ1v) is 6.03. The summed E-state index contributed by atoms with van der Waals surface area (Å²) in [5, 5.41) is 1.78. The second kappa shape index (κ2) is 3.97. The van der Waals surface area contributed by atoms with Crippen LogP contribution in [0.15, 0.2) is 18.2 Å². The maximum atomic E-state index is 6.22. The molecule has 2 nitrogen and oxygen atoms in total. The summed E-state index contributed by atoms with van der Waals surface area (Å²) in [5.41, 5.74) is 9.97. The molecule has 0 unspecified atom stereocenters. The van der Waals surface area contributed by atoms with Crippen LogP contribution in [0.5, 0.6) is 0 Å². The van der Waals surface area contributed by atoms with Gasteiger partial charge in [-0.3, -0.25) is 4.98 Å². The smallest absolute Gasteiger partial charge is 0.0738 e. The molecule has 0 radical (unpaired) electrons. The lowest BCUT2D eigenvalue weighted by Crippen LogP contribution is -2.29. The fourth-order valence-electron chi connectivity index (χ4n) is 2.12. The molecule has 1 aromatic heterocycles. The molecule has 0 saturated heterocycles. The standard InChI is InChI=1S/C14H17ClN2/c1-8-5-10(15)7-11-12(14(3,4)16)6-9(2)17-13(8)11/h5-7H,16H2,1-4H3. The van der Waals surface area contributed by atoms with Gasteiger partial charge in [-0.25, -0.2) is 0 Å².